The summed E-state index contributed by atoms with van der Waals surface area (Å²) in [6.45, 7) is 0.148. The van der Waals surface area contributed by atoms with Crippen molar-refractivity contribution in [3.63, 3.8) is 0 Å². The Labute approximate surface area is 111 Å². The Morgan fingerprint density at radius 2 is 2.05 bits per heavy atom. The molecule has 1 aromatic rings. The lowest BCUT2D eigenvalue weighted by Gasteiger charge is -2.26. The zero-order chi connectivity index (χ0) is 13.5. The van der Waals surface area contributed by atoms with Gasteiger partial charge in [-0.05, 0) is 18.9 Å². The van der Waals surface area contributed by atoms with Gasteiger partial charge in [0.25, 0.3) is 0 Å². The highest BCUT2D eigenvalue weighted by Crippen LogP contribution is 2.51. The Bertz CT molecular complexity index is 517. The predicted molar refractivity (Wildman–Crippen MR) is 66.9 cm³/mol. The van der Waals surface area contributed by atoms with E-state index in [9.17, 15) is 9.90 Å². The topological polar surface area (TPSA) is 65.0 Å². The van der Waals surface area contributed by atoms with E-state index in [0.717, 1.165) is 12.8 Å². The van der Waals surface area contributed by atoms with Gasteiger partial charge in [0.2, 0.25) is 12.5 Å². The van der Waals surface area contributed by atoms with Gasteiger partial charge in [-0.3, -0.25) is 4.79 Å². The van der Waals surface area contributed by atoms with Gasteiger partial charge in [-0.1, -0.05) is 18.9 Å². The molecule has 1 fully saturated rings. The average molecular weight is 264 g/mol. The van der Waals surface area contributed by atoms with E-state index in [1.807, 2.05) is 0 Å². The summed E-state index contributed by atoms with van der Waals surface area (Å²) in [5.74, 6) is 0.841. The molecule has 102 valence electrons. The van der Waals surface area contributed by atoms with E-state index in [0.29, 0.717) is 35.7 Å². The average Bonchev–Trinajstić information content (AvgIpc) is 3.06. The van der Waals surface area contributed by atoms with Crippen LogP contribution in [-0.2, 0) is 10.2 Å². The molecule has 3 rings (SSSR count). The van der Waals surface area contributed by atoms with Crippen LogP contribution in [0.2, 0.25) is 0 Å². The van der Waals surface area contributed by atoms with E-state index in [2.05, 4.69) is 0 Å². The van der Waals surface area contributed by atoms with E-state index in [1.165, 1.54) is 7.11 Å². The van der Waals surface area contributed by atoms with Crippen LogP contribution in [0.25, 0.3) is 0 Å². The number of hydrogen-bond acceptors (Lipinski definition) is 4. The van der Waals surface area contributed by atoms with E-state index in [4.69, 9.17) is 14.2 Å². The molecule has 0 radical (unpaired) electrons. The van der Waals surface area contributed by atoms with Crippen LogP contribution < -0.4 is 14.2 Å². The number of aliphatic carboxylic acids is 1. The van der Waals surface area contributed by atoms with Gasteiger partial charge in [0.15, 0.2) is 11.5 Å². The number of benzene rings is 1. The second-order valence-electron chi connectivity index (χ2n) is 4.97. The van der Waals surface area contributed by atoms with Crippen molar-refractivity contribution >= 4 is 5.97 Å². The maximum Gasteiger partial charge on any atom is 0.314 e. The maximum atomic E-state index is 11.8. The lowest BCUT2D eigenvalue weighted by Crippen LogP contribution is -2.33. The Morgan fingerprint density at radius 1 is 1.32 bits per heavy atom. The lowest BCUT2D eigenvalue weighted by atomic mass is 9.78. The SMILES string of the molecule is COc1c(C2(C(=O)O)CCCC2)ccc2c1OCO2. The Hall–Kier alpha value is -1.91. The normalized spacial score (nSPS) is 19.4. The third-order valence-corrected chi connectivity index (χ3v) is 4.08. The molecule has 0 saturated heterocycles. The second kappa shape index (κ2) is 4.33. The fraction of sp³-hybridized carbons (Fsp3) is 0.500. The summed E-state index contributed by atoms with van der Waals surface area (Å²) in [6, 6.07) is 3.56. The maximum absolute atomic E-state index is 11.8. The van der Waals surface area contributed by atoms with Gasteiger partial charge in [0, 0.05) is 5.56 Å². The summed E-state index contributed by atoms with van der Waals surface area (Å²) in [4.78, 5) is 11.8. The van der Waals surface area contributed by atoms with Crippen molar-refractivity contribution in [2.24, 2.45) is 0 Å². The van der Waals surface area contributed by atoms with Gasteiger partial charge in [-0.25, -0.2) is 0 Å². The van der Waals surface area contributed by atoms with Crippen LogP contribution in [0.3, 0.4) is 0 Å². The van der Waals surface area contributed by atoms with Crippen LogP contribution in [0.15, 0.2) is 12.1 Å². The first-order valence-electron chi connectivity index (χ1n) is 6.39. The smallest absolute Gasteiger partial charge is 0.314 e. The van der Waals surface area contributed by atoms with Gasteiger partial charge in [0.05, 0.1) is 12.5 Å². The standard InChI is InChI=1S/C14H16O5/c1-17-11-9(4-5-10-12(11)19-8-18-10)14(13(15)16)6-2-3-7-14/h4-5H,2-3,6-8H2,1H3,(H,15,16). The van der Waals surface area contributed by atoms with Gasteiger partial charge >= 0.3 is 5.97 Å². The van der Waals surface area contributed by atoms with Gasteiger partial charge in [0.1, 0.15) is 0 Å². The molecule has 0 spiro atoms. The minimum atomic E-state index is -0.855. The zero-order valence-electron chi connectivity index (χ0n) is 10.8. The lowest BCUT2D eigenvalue weighted by molar-refractivity contribution is -0.143. The monoisotopic (exact) mass is 264 g/mol. The van der Waals surface area contributed by atoms with E-state index in [-0.39, 0.29) is 6.79 Å². The largest absolute Gasteiger partial charge is 0.492 e. The zero-order valence-corrected chi connectivity index (χ0v) is 10.8. The number of carboxylic acids is 1. The van der Waals surface area contributed by atoms with Crippen molar-refractivity contribution in [1.82, 2.24) is 0 Å². The number of fused-ring (bicyclic) bond motifs is 1. The minimum absolute atomic E-state index is 0.148. The molecule has 0 bridgehead atoms. The quantitative estimate of drug-likeness (QED) is 0.907. The number of rotatable bonds is 3. The Kier molecular flexibility index (Phi) is 2.77. The van der Waals surface area contributed by atoms with Crippen LogP contribution >= 0.6 is 0 Å². The minimum Gasteiger partial charge on any atom is -0.492 e. The molecule has 0 aromatic heterocycles. The third kappa shape index (κ3) is 1.64. The van der Waals surface area contributed by atoms with Crippen molar-refractivity contribution in [2.45, 2.75) is 31.1 Å². The first kappa shape index (κ1) is 12.1. The first-order chi connectivity index (χ1) is 9.19. The van der Waals surface area contributed by atoms with Crippen LogP contribution in [0, 0.1) is 0 Å². The highest BCUT2D eigenvalue weighted by molar-refractivity contribution is 5.84. The van der Waals surface area contributed by atoms with Crippen LogP contribution in [0.4, 0.5) is 0 Å². The molecule has 1 aromatic carbocycles. The second-order valence-corrected chi connectivity index (χ2v) is 4.97. The molecule has 1 aliphatic carbocycles. The molecule has 0 unspecified atom stereocenters. The van der Waals surface area contributed by atoms with Gasteiger partial charge < -0.3 is 19.3 Å². The summed E-state index contributed by atoms with van der Waals surface area (Å²) in [7, 11) is 1.53. The summed E-state index contributed by atoms with van der Waals surface area (Å²) in [5.41, 5.74) is -0.156. The van der Waals surface area contributed by atoms with Crippen molar-refractivity contribution in [1.29, 1.82) is 0 Å². The molecule has 5 nitrogen and oxygen atoms in total. The molecule has 0 atom stereocenters. The Balaban J connectivity index is 2.17. The summed E-state index contributed by atoms with van der Waals surface area (Å²) in [5, 5.41) is 9.66. The molecule has 19 heavy (non-hydrogen) atoms. The first-order valence-corrected chi connectivity index (χ1v) is 6.39. The molecule has 1 N–H and O–H groups in total. The van der Waals surface area contributed by atoms with Crippen molar-refractivity contribution in [3.8, 4) is 17.2 Å². The molecule has 1 saturated carbocycles. The van der Waals surface area contributed by atoms with Crippen molar-refractivity contribution < 1.29 is 24.1 Å². The fourth-order valence-electron chi connectivity index (χ4n) is 3.10. The number of ether oxygens (including phenoxy) is 3. The van der Waals surface area contributed by atoms with Crippen LogP contribution in [0.1, 0.15) is 31.2 Å². The Morgan fingerprint density at radius 3 is 2.68 bits per heavy atom. The van der Waals surface area contributed by atoms with E-state index in [1.54, 1.807) is 12.1 Å². The predicted octanol–water partition coefficient (Wildman–Crippen LogP) is 2.32. The van der Waals surface area contributed by atoms with Gasteiger partial charge in [-0.2, -0.15) is 0 Å². The fourth-order valence-corrected chi connectivity index (χ4v) is 3.10. The van der Waals surface area contributed by atoms with Crippen molar-refractivity contribution in [3.05, 3.63) is 17.7 Å². The molecular weight excluding hydrogens is 248 g/mol. The molecule has 1 heterocycles. The third-order valence-electron chi connectivity index (χ3n) is 4.08. The molecule has 5 heteroatoms. The van der Waals surface area contributed by atoms with Crippen LogP contribution in [0.5, 0.6) is 17.2 Å². The molecule has 0 amide bonds. The number of carboxylic acid groups (broad SMARTS) is 1. The molecule has 2 aliphatic rings. The van der Waals surface area contributed by atoms with Gasteiger partial charge in [-0.15, -0.1) is 0 Å². The van der Waals surface area contributed by atoms with E-state index >= 15 is 0 Å². The van der Waals surface area contributed by atoms with Crippen molar-refractivity contribution in [2.75, 3.05) is 13.9 Å². The number of hydrogen-bond donors (Lipinski definition) is 1. The highest BCUT2D eigenvalue weighted by atomic mass is 16.7. The molecular formula is C14H16O5. The summed E-state index contributed by atoms with van der Waals surface area (Å²) >= 11 is 0. The summed E-state index contributed by atoms with van der Waals surface area (Å²) < 4.78 is 16.1. The van der Waals surface area contributed by atoms with E-state index < -0.39 is 11.4 Å². The number of methoxy groups -OCH3 is 1. The van der Waals surface area contributed by atoms with Crippen LogP contribution in [-0.4, -0.2) is 25.0 Å². The highest BCUT2D eigenvalue weighted by Gasteiger charge is 2.46. The number of carbonyl (C=O) groups is 1. The molecule has 1 aliphatic heterocycles. The summed E-state index contributed by atoms with van der Waals surface area (Å²) in [6.07, 6.45) is 3.12.